The summed E-state index contributed by atoms with van der Waals surface area (Å²) in [6, 6.07) is 11.3. The molecule has 1 aromatic heterocycles. The summed E-state index contributed by atoms with van der Waals surface area (Å²) in [4.78, 5) is 15.8. The number of anilines is 1. The maximum atomic E-state index is 11.2. The zero-order valence-corrected chi connectivity index (χ0v) is 13.9. The molecule has 3 aromatic rings. The number of amides is 1. The molecule has 118 valence electrons. The monoisotopic (exact) mass is 328 g/mol. The molecule has 2 aromatic carbocycles. The Hall–Kier alpha value is -2.33. The predicted octanol–water partition coefficient (Wildman–Crippen LogP) is 5.23. The lowest BCUT2D eigenvalue weighted by Crippen LogP contribution is -2.06. The Kier molecular flexibility index (Phi) is 4.09. The van der Waals surface area contributed by atoms with Gasteiger partial charge in [0.1, 0.15) is 5.52 Å². The first-order chi connectivity index (χ1) is 10.9. The van der Waals surface area contributed by atoms with Crippen LogP contribution in [0.1, 0.15) is 32.3 Å². The van der Waals surface area contributed by atoms with Crippen molar-refractivity contribution in [3.8, 4) is 11.5 Å². The molecule has 0 saturated carbocycles. The number of rotatable bonds is 3. The van der Waals surface area contributed by atoms with E-state index in [-0.39, 0.29) is 5.91 Å². The lowest BCUT2D eigenvalue weighted by Gasteiger charge is -2.05. The number of hydrogen-bond acceptors (Lipinski definition) is 3. The third-order valence-corrected chi connectivity index (χ3v) is 3.93. The van der Waals surface area contributed by atoms with E-state index in [0.29, 0.717) is 22.5 Å². The second-order valence-corrected chi connectivity index (χ2v) is 6.18. The van der Waals surface area contributed by atoms with Crippen molar-refractivity contribution in [3.63, 3.8) is 0 Å². The third kappa shape index (κ3) is 3.22. The van der Waals surface area contributed by atoms with Crippen molar-refractivity contribution in [2.75, 3.05) is 5.32 Å². The molecule has 1 heterocycles. The van der Waals surface area contributed by atoms with Crippen LogP contribution in [-0.4, -0.2) is 10.9 Å². The van der Waals surface area contributed by atoms with E-state index in [2.05, 4.69) is 24.1 Å². The van der Waals surface area contributed by atoms with Crippen molar-refractivity contribution in [2.45, 2.75) is 26.7 Å². The number of fused-ring (bicyclic) bond motifs is 1. The molecular formula is C18H17ClN2O2. The summed E-state index contributed by atoms with van der Waals surface area (Å²) in [5.74, 6) is 0.758. The normalized spacial score (nSPS) is 11.2. The molecule has 0 saturated heterocycles. The fourth-order valence-electron chi connectivity index (χ4n) is 2.37. The molecule has 0 spiro atoms. The minimum Gasteiger partial charge on any atom is -0.436 e. The number of nitrogens with one attached hydrogen (secondary N) is 1. The van der Waals surface area contributed by atoms with Crippen LogP contribution in [0.15, 0.2) is 40.8 Å². The van der Waals surface area contributed by atoms with E-state index >= 15 is 0 Å². The Morgan fingerprint density at radius 2 is 2.00 bits per heavy atom. The number of aromatic nitrogens is 1. The van der Waals surface area contributed by atoms with Crippen LogP contribution in [0.25, 0.3) is 22.6 Å². The lowest BCUT2D eigenvalue weighted by molar-refractivity contribution is -0.114. The Labute approximate surface area is 139 Å². The van der Waals surface area contributed by atoms with Crippen LogP contribution in [0.4, 0.5) is 5.69 Å². The number of benzene rings is 2. The van der Waals surface area contributed by atoms with Gasteiger partial charge in [0.15, 0.2) is 5.58 Å². The highest BCUT2D eigenvalue weighted by atomic mass is 35.5. The van der Waals surface area contributed by atoms with Crippen LogP contribution in [0.3, 0.4) is 0 Å². The predicted molar refractivity (Wildman–Crippen MR) is 92.8 cm³/mol. The maximum Gasteiger partial charge on any atom is 0.227 e. The number of carbonyl (C=O) groups excluding carboxylic acids is 1. The van der Waals surface area contributed by atoms with Gasteiger partial charge in [0.2, 0.25) is 11.8 Å². The average Bonchev–Trinajstić information content (AvgIpc) is 2.91. The van der Waals surface area contributed by atoms with E-state index < -0.39 is 0 Å². The van der Waals surface area contributed by atoms with Gasteiger partial charge in [-0.1, -0.05) is 31.5 Å². The van der Waals surface area contributed by atoms with E-state index in [1.165, 1.54) is 12.5 Å². The van der Waals surface area contributed by atoms with Crippen LogP contribution in [0.2, 0.25) is 5.02 Å². The lowest BCUT2D eigenvalue weighted by atomic mass is 10.0. The van der Waals surface area contributed by atoms with Gasteiger partial charge in [0, 0.05) is 12.5 Å². The van der Waals surface area contributed by atoms with Crippen molar-refractivity contribution < 1.29 is 9.21 Å². The first-order valence-electron chi connectivity index (χ1n) is 7.42. The Morgan fingerprint density at radius 1 is 1.22 bits per heavy atom. The third-order valence-electron chi connectivity index (χ3n) is 3.60. The van der Waals surface area contributed by atoms with Gasteiger partial charge in [-0.3, -0.25) is 4.79 Å². The number of oxazole rings is 1. The molecule has 1 N–H and O–H groups in total. The molecule has 0 aliphatic carbocycles. The Morgan fingerprint density at radius 3 is 2.70 bits per heavy atom. The average molecular weight is 329 g/mol. The van der Waals surface area contributed by atoms with Crippen molar-refractivity contribution in [1.82, 2.24) is 4.98 Å². The van der Waals surface area contributed by atoms with Gasteiger partial charge in [-0.05, 0) is 41.8 Å². The second kappa shape index (κ2) is 6.05. The summed E-state index contributed by atoms with van der Waals surface area (Å²) in [5.41, 5.74) is 4.08. The summed E-state index contributed by atoms with van der Waals surface area (Å²) in [6.07, 6.45) is 0. The van der Waals surface area contributed by atoms with Crippen LogP contribution >= 0.6 is 11.6 Å². The Bertz CT molecular complexity index is 884. The molecule has 0 aliphatic heterocycles. The van der Waals surface area contributed by atoms with Crippen molar-refractivity contribution in [1.29, 1.82) is 0 Å². The van der Waals surface area contributed by atoms with E-state index in [0.717, 1.165) is 16.7 Å². The molecule has 23 heavy (non-hydrogen) atoms. The van der Waals surface area contributed by atoms with Gasteiger partial charge < -0.3 is 9.73 Å². The smallest absolute Gasteiger partial charge is 0.227 e. The quantitative estimate of drug-likeness (QED) is 0.716. The van der Waals surface area contributed by atoms with Crippen molar-refractivity contribution in [3.05, 3.63) is 47.0 Å². The second-order valence-electron chi connectivity index (χ2n) is 5.78. The minimum atomic E-state index is -0.178. The molecule has 0 fully saturated rings. The van der Waals surface area contributed by atoms with Gasteiger partial charge >= 0.3 is 0 Å². The molecule has 5 heteroatoms. The topological polar surface area (TPSA) is 55.1 Å². The molecule has 4 nitrogen and oxygen atoms in total. The maximum absolute atomic E-state index is 11.2. The largest absolute Gasteiger partial charge is 0.436 e. The van der Waals surface area contributed by atoms with Crippen molar-refractivity contribution in [2.24, 2.45) is 0 Å². The van der Waals surface area contributed by atoms with Crippen LogP contribution in [-0.2, 0) is 4.79 Å². The van der Waals surface area contributed by atoms with Gasteiger partial charge in [-0.25, -0.2) is 4.98 Å². The van der Waals surface area contributed by atoms with E-state index in [1.54, 1.807) is 12.1 Å². The van der Waals surface area contributed by atoms with E-state index in [9.17, 15) is 4.79 Å². The molecule has 0 radical (unpaired) electrons. The van der Waals surface area contributed by atoms with Gasteiger partial charge in [-0.15, -0.1) is 0 Å². The fraction of sp³-hybridized carbons (Fsp3) is 0.222. The summed E-state index contributed by atoms with van der Waals surface area (Å²) in [5, 5.41) is 3.17. The van der Waals surface area contributed by atoms with Crippen LogP contribution in [0, 0.1) is 0 Å². The van der Waals surface area contributed by atoms with E-state index in [4.69, 9.17) is 16.0 Å². The zero-order chi connectivity index (χ0) is 16.6. The highest BCUT2D eigenvalue weighted by Gasteiger charge is 2.12. The molecular weight excluding hydrogens is 312 g/mol. The SMILES string of the molecule is CC(=O)Nc1cc(-c2nc3cc(C(C)C)ccc3o2)ccc1Cl. The Balaban J connectivity index is 2.04. The van der Waals surface area contributed by atoms with Gasteiger partial charge in [-0.2, -0.15) is 0 Å². The van der Waals surface area contributed by atoms with Crippen LogP contribution in [0.5, 0.6) is 0 Å². The fourth-order valence-corrected chi connectivity index (χ4v) is 2.54. The summed E-state index contributed by atoms with van der Waals surface area (Å²) in [6.45, 7) is 5.72. The highest BCUT2D eigenvalue weighted by molar-refractivity contribution is 6.33. The molecule has 1 amide bonds. The minimum absolute atomic E-state index is 0.178. The molecule has 0 unspecified atom stereocenters. The summed E-state index contributed by atoms with van der Waals surface area (Å²) in [7, 11) is 0. The van der Waals surface area contributed by atoms with E-state index in [1.807, 2.05) is 24.3 Å². The standard InChI is InChI=1S/C18H17ClN2O2/c1-10(2)12-5-7-17-16(8-12)21-18(23-17)13-4-6-14(19)15(9-13)20-11(3)22/h4-10H,1-3H3,(H,20,22). The first-order valence-corrected chi connectivity index (χ1v) is 7.80. The van der Waals surface area contributed by atoms with Gasteiger partial charge in [0.25, 0.3) is 0 Å². The molecule has 0 bridgehead atoms. The highest BCUT2D eigenvalue weighted by Crippen LogP contribution is 2.31. The summed E-state index contributed by atoms with van der Waals surface area (Å²) < 4.78 is 5.82. The number of halogens is 1. The number of carbonyl (C=O) groups is 1. The number of hydrogen-bond donors (Lipinski definition) is 1. The van der Waals surface area contributed by atoms with Gasteiger partial charge in [0.05, 0.1) is 10.7 Å². The zero-order valence-electron chi connectivity index (χ0n) is 13.2. The first kappa shape index (κ1) is 15.6. The molecule has 0 aliphatic rings. The van der Waals surface area contributed by atoms with Crippen molar-refractivity contribution >= 4 is 34.3 Å². The molecule has 0 atom stereocenters. The number of nitrogens with zero attached hydrogens (tertiary/aromatic N) is 1. The van der Waals surface area contributed by atoms with Crippen LogP contribution < -0.4 is 5.32 Å². The molecule has 3 rings (SSSR count). The summed E-state index contributed by atoms with van der Waals surface area (Å²) >= 11 is 6.10.